The van der Waals surface area contributed by atoms with Gasteiger partial charge in [0.1, 0.15) is 12.4 Å². The molecule has 1 aromatic carbocycles. The van der Waals surface area contributed by atoms with Gasteiger partial charge in [0, 0.05) is 12.6 Å². The number of nitrogens with two attached hydrogens (primary N) is 1. The van der Waals surface area contributed by atoms with Crippen molar-refractivity contribution >= 4 is 11.8 Å². The lowest BCUT2D eigenvalue weighted by Gasteiger charge is -2.09. The first-order chi connectivity index (χ1) is 9.28. The number of ether oxygens (including phenoxy) is 1. The lowest BCUT2D eigenvalue weighted by Crippen LogP contribution is -2.06. The zero-order valence-electron chi connectivity index (χ0n) is 11.0. The van der Waals surface area contributed by atoms with Crippen LogP contribution in [0.3, 0.4) is 0 Å². The molecule has 0 amide bonds. The number of nitrogen functional groups attached to an aromatic ring is 1. The Morgan fingerprint density at radius 2 is 2.00 bits per heavy atom. The number of rotatable bonds is 6. The minimum absolute atomic E-state index is 0.212. The van der Waals surface area contributed by atoms with E-state index >= 15 is 0 Å². The third-order valence-corrected chi connectivity index (χ3v) is 2.51. The Kier molecular flexibility index (Phi) is 4.55. The molecule has 0 aliphatic carbocycles. The molecule has 0 spiro atoms. The number of nitrogens with zero attached hydrogens (tertiary/aromatic N) is 2. The van der Waals surface area contributed by atoms with Crippen LogP contribution < -0.4 is 15.8 Å². The number of anilines is 2. The molecule has 2 rings (SSSR count). The Balaban J connectivity index is 2.01. The molecule has 0 saturated carbocycles. The molecule has 0 fully saturated rings. The van der Waals surface area contributed by atoms with Crippen molar-refractivity contribution in [3.8, 4) is 5.88 Å². The molecular weight excluding hydrogens is 240 g/mol. The minimum atomic E-state index is 0.212. The highest BCUT2D eigenvalue weighted by atomic mass is 16.5. The summed E-state index contributed by atoms with van der Waals surface area (Å²) in [4.78, 5) is 8.16. The van der Waals surface area contributed by atoms with E-state index in [-0.39, 0.29) is 5.95 Å². The fourth-order valence-corrected chi connectivity index (χ4v) is 1.59. The van der Waals surface area contributed by atoms with Gasteiger partial charge in [-0.3, -0.25) is 0 Å². The summed E-state index contributed by atoms with van der Waals surface area (Å²) in [6.45, 7) is 3.39. The fourth-order valence-electron chi connectivity index (χ4n) is 1.59. The quantitative estimate of drug-likeness (QED) is 0.832. The summed E-state index contributed by atoms with van der Waals surface area (Å²) in [5, 5.41) is 3.16. The number of aromatic nitrogens is 2. The molecule has 0 bridgehead atoms. The molecule has 0 radical (unpaired) electrons. The van der Waals surface area contributed by atoms with Gasteiger partial charge in [-0.1, -0.05) is 37.3 Å². The van der Waals surface area contributed by atoms with Crippen molar-refractivity contribution < 1.29 is 4.74 Å². The standard InChI is InChI=1S/C14H18N4O/c1-2-8-16-12-9-13(18-14(15)17-12)19-10-11-6-4-3-5-7-11/h3-7,9H,2,8,10H2,1H3,(H3,15,16,17,18). The van der Waals surface area contributed by atoms with Gasteiger partial charge in [-0.05, 0) is 12.0 Å². The van der Waals surface area contributed by atoms with Gasteiger partial charge in [0.2, 0.25) is 11.8 Å². The Hall–Kier alpha value is -2.30. The predicted octanol–water partition coefficient (Wildman–Crippen LogP) is 2.46. The van der Waals surface area contributed by atoms with Crippen molar-refractivity contribution in [2.45, 2.75) is 20.0 Å². The summed E-state index contributed by atoms with van der Waals surface area (Å²) in [6, 6.07) is 11.7. The second-order valence-corrected chi connectivity index (χ2v) is 4.15. The van der Waals surface area contributed by atoms with E-state index in [0.717, 1.165) is 18.5 Å². The van der Waals surface area contributed by atoms with Gasteiger partial charge in [0.05, 0.1) is 0 Å². The second kappa shape index (κ2) is 6.58. The molecule has 1 aromatic heterocycles. The van der Waals surface area contributed by atoms with Crippen LogP contribution in [0.2, 0.25) is 0 Å². The third kappa shape index (κ3) is 4.13. The van der Waals surface area contributed by atoms with Gasteiger partial charge in [0.15, 0.2) is 0 Å². The maximum atomic E-state index is 5.66. The number of benzene rings is 1. The van der Waals surface area contributed by atoms with E-state index < -0.39 is 0 Å². The monoisotopic (exact) mass is 258 g/mol. The second-order valence-electron chi connectivity index (χ2n) is 4.15. The van der Waals surface area contributed by atoms with E-state index in [1.54, 1.807) is 6.07 Å². The average molecular weight is 258 g/mol. The summed E-state index contributed by atoms with van der Waals surface area (Å²) >= 11 is 0. The van der Waals surface area contributed by atoms with Gasteiger partial charge in [0.25, 0.3) is 0 Å². The minimum Gasteiger partial charge on any atom is -0.473 e. The number of hydrogen-bond donors (Lipinski definition) is 2. The number of nitrogens with one attached hydrogen (secondary N) is 1. The molecule has 0 saturated heterocycles. The molecule has 0 unspecified atom stereocenters. The van der Waals surface area contributed by atoms with Crippen molar-refractivity contribution in [3.05, 3.63) is 42.0 Å². The van der Waals surface area contributed by atoms with Crippen LogP contribution in [0.5, 0.6) is 5.88 Å². The molecule has 0 aliphatic rings. The molecule has 100 valence electrons. The molecule has 5 nitrogen and oxygen atoms in total. The molecule has 0 aliphatic heterocycles. The van der Waals surface area contributed by atoms with Crippen molar-refractivity contribution in [2.75, 3.05) is 17.6 Å². The highest BCUT2D eigenvalue weighted by Gasteiger charge is 2.03. The average Bonchev–Trinajstić information content (AvgIpc) is 2.43. The van der Waals surface area contributed by atoms with Crippen LogP contribution in [0.25, 0.3) is 0 Å². The maximum Gasteiger partial charge on any atom is 0.225 e. The summed E-state index contributed by atoms with van der Waals surface area (Å²) in [7, 11) is 0. The first-order valence-electron chi connectivity index (χ1n) is 6.33. The molecule has 19 heavy (non-hydrogen) atoms. The fraction of sp³-hybridized carbons (Fsp3) is 0.286. The highest BCUT2D eigenvalue weighted by Crippen LogP contribution is 2.16. The largest absolute Gasteiger partial charge is 0.473 e. The van der Waals surface area contributed by atoms with Crippen LogP contribution in [0.4, 0.5) is 11.8 Å². The van der Waals surface area contributed by atoms with E-state index in [1.165, 1.54) is 0 Å². The molecule has 3 N–H and O–H groups in total. The lowest BCUT2D eigenvalue weighted by molar-refractivity contribution is 0.294. The third-order valence-electron chi connectivity index (χ3n) is 2.51. The van der Waals surface area contributed by atoms with Crippen molar-refractivity contribution in [1.82, 2.24) is 9.97 Å². The Labute approximate surface area is 112 Å². The lowest BCUT2D eigenvalue weighted by atomic mass is 10.2. The zero-order valence-corrected chi connectivity index (χ0v) is 11.0. The summed E-state index contributed by atoms with van der Waals surface area (Å²) in [6.07, 6.45) is 1.02. The van der Waals surface area contributed by atoms with Gasteiger partial charge in [-0.2, -0.15) is 9.97 Å². The van der Waals surface area contributed by atoms with Crippen LogP contribution in [0.15, 0.2) is 36.4 Å². The van der Waals surface area contributed by atoms with Gasteiger partial charge in [-0.25, -0.2) is 0 Å². The zero-order chi connectivity index (χ0) is 13.5. The SMILES string of the molecule is CCCNc1cc(OCc2ccccc2)nc(N)n1. The summed E-state index contributed by atoms with van der Waals surface area (Å²) in [5.74, 6) is 1.39. The summed E-state index contributed by atoms with van der Waals surface area (Å²) < 4.78 is 5.62. The van der Waals surface area contributed by atoms with Crippen molar-refractivity contribution in [3.63, 3.8) is 0 Å². The van der Waals surface area contributed by atoms with E-state index in [1.807, 2.05) is 30.3 Å². The Bertz CT molecular complexity index is 516. The normalized spacial score (nSPS) is 10.2. The van der Waals surface area contributed by atoms with Crippen molar-refractivity contribution in [2.24, 2.45) is 0 Å². The topological polar surface area (TPSA) is 73.1 Å². The van der Waals surface area contributed by atoms with E-state index in [2.05, 4.69) is 22.2 Å². The molecular formula is C14H18N4O. The van der Waals surface area contributed by atoms with Crippen LogP contribution in [-0.4, -0.2) is 16.5 Å². The highest BCUT2D eigenvalue weighted by molar-refractivity contribution is 5.42. The van der Waals surface area contributed by atoms with Crippen LogP contribution >= 0.6 is 0 Å². The first kappa shape index (κ1) is 13.1. The number of hydrogen-bond acceptors (Lipinski definition) is 5. The van der Waals surface area contributed by atoms with Crippen LogP contribution in [-0.2, 0) is 6.61 Å². The van der Waals surface area contributed by atoms with E-state index in [9.17, 15) is 0 Å². The molecule has 1 heterocycles. The molecule has 5 heteroatoms. The smallest absolute Gasteiger partial charge is 0.225 e. The van der Waals surface area contributed by atoms with Crippen LogP contribution in [0, 0.1) is 0 Å². The van der Waals surface area contributed by atoms with E-state index in [4.69, 9.17) is 10.5 Å². The summed E-state index contributed by atoms with van der Waals surface area (Å²) in [5.41, 5.74) is 6.74. The Morgan fingerprint density at radius 3 is 2.74 bits per heavy atom. The maximum absolute atomic E-state index is 5.66. The molecule has 0 atom stereocenters. The van der Waals surface area contributed by atoms with Crippen LogP contribution in [0.1, 0.15) is 18.9 Å². The van der Waals surface area contributed by atoms with E-state index in [0.29, 0.717) is 18.3 Å². The first-order valence-corrected chi connectivity index (χ1v) is 6.33. The predicted molar refractivity (Wildman–Crippen MR) is 76.0 cm³/mol. The Morgan fingerprint density at radius 1 is 1.21 bits per heavy atom. The van der Waals surface area contributed by atoms with Gasteiger partial charge >= 0.3 is 0 Å². The molecule has 2 aromatic rings. The van der Waals surface area contributed by atoms with Crippen molar-refractivity contribution in [1.29, 1.82) is 0 Å². The van der Waals surface area contributed by atoms with Gasteiger partial charge < -0.3 is 15.8 Å². The van der Waals surface area contributed by atoms with Gasteiger partial charge in [-0.15, -0.1) is 0 Å².